The molecule has 1 fully saturated rings. The standard InChI is InChI=1S/C16H18BrN3O5/c1-23-14(21)8-11-10(16(22)24-2)7-12-15(18-13(17)9-20(11)12)19-3-5-25-6-4-19/h7,9H,3-6,8H2,1-2H3. The number of carbonyl (C=O) groups excluding carboxylic acids is 2. The number of ether oxygens (including phenoxy) is 3. The minimum absolute atomic E-state index is 0.0475. The topological polar surface area (TPSA) is 82.4 Å². The Morgan fingerprint density at radius 1 is 1.28 bits per heavy atom. The van der Waals surface area contributed by atoms with Gasteiger partial charge >= 0.3 is 11.9 Å². The van der Waals surface area contributed by atoms with Crippen LogP contribution in [-0.2, 0) is 25.4 Å². The van der Waals surface area contributed by atoms with Gasteiger partial charge in [-0.05, 0) is 22.0 Å². The first-order valence-corrected chi connectivity index (χ1v) is 8.52. The molecule has 134 valence electrons. The number of nitrogens with zero attached hydrogens (tertiary/aromatic N) is 3. The number of rotatable bonds is 4. The van der Waals surface area contributed by atoms with Crippen LogP contribution in [0.5, 0.6) is 0 Å². The molecule has 9 heteroatoms. The number of hydrogen-bond donors (Lipinski definition) is 0. The van der Waals surface area contributed by atoms with Crippen molar-refractivity contribution < 1.29 is 23.8 Å². The van der Waals surface area contributed by atoms with Gasteiger partial charge < -0.3 is 23.5 Å². The Bertz CT molecular complexity index is 814. The van der Waals surface area contributed by atoms with Crippen molar-refractivity contribution >= 4 is 39.2 Å². The molecular weight excluding hydrogens is 394 g/mol. The fourth-order valence-electron chi connectivity index (χ4n) is 2.86. The van der Waals surface area contributed by atoms with Crippen LogP contribution in [0.2, 0.25) is 0 Å². The van der Waals surface area contributed by atoms with E-state index in [1.165, 1.54) is 14.2 Å². The van der Waals surface area contributed by atoms with Gasteiger partial charge in [-0.2, -0.15) is 0 Å². The molecule has 0 radical (unpaired) electrons. The molecule has 25 heavy (non-hydrogen) atoms. The lowest BCUT2D eigenvalue weighted by Gasteiger charge is -2.28. The quantitative estimate of drug-likeness (QED) is 0.703. The Morgan fingerprint density at radius 3 is 2.64 bits per heavy atom. The first-order valence-electron chi connectivity index (χ1n) is 7.73. The summed E-state index contributed by atoms with van der Waals surface area (Å²) in [6.45, 7) is 2.62. The zero-order valence-corrected chi connectivity index (χ0v) is 15.5. The highest BCUT2D eigenvalue weighted by molar-refractivity contribution is 9.10. The lowest BCUT2D eigenvalue weighted by atomic mass is 10.2. The second kappa shape index (κ2) is 7.40. The van der Waals surface area contributed by atoms with Crippen molar-refractivity contribution in [1.29, 1.82) is 0 Å². The van der Waals surface area contributed by atoms with Crippen LogP contribution in [0.15, 0.2) is 16.9 Å². The third kappa shape index (κ3) is 3.47. The van der Waals surface area contributed by atoms with E-state index < -0.39 is 11.9 Å². The van der Waals surface area contributed by atoms with Gasteiger partial charge in [-0.3, -0.25) is 4.79 Å². The molecule has 0 aromatic carbocycles. The van der Waals surface area contributed by atoms with E-state index in [1.54, 1.807) is 16.7 Å². The van der Waals surface area contributed by atoms with Gasteiger partial charge in [-0.15, -0.1) is 0 Å². The second-order valence-corrected chi connectivity index (χ2v) is 6.30. The van der Waals surface area contributed by atoms with E-state index in [-0.39, 0.29) is 6.42 Å². The summed E-state index contributed by atoms with van der Waals surface area (Å²) in [5.74, 6) is -0.225. The Morgan fingerprint density at radius 2 is 2.00 bits per heavy atom. The number of carbonyl (C=O) groups is 2. The predicted octanol–water partition coefficient (Wildman–Crippen LogP) is 1.44. The maximum atomic E-state index is 12.2. The molecule has 0 spiro atoms. The Balaban J connectivity index is 2.19. The molecule has 3 heterocycles. The number of halogens is 1. The number of anilines is 1. The Hall–Kier alpha value is -2.13. The fourth-order valence-corrected chi connectivity index (χ4v) is 3.23. The van der Waals surface area contributed by atoms with Gasteiger partial charge in [-0.1, -0.05) is 0 Å². The molecule has 2 aromatic heterocycles. The third-order valence-corrected chi connectivity index (χ3v) is 4.46. The highest BCUT2D eigenvalue weighted by Crippen LogP contribution is 2.28. The molecule has 3 rings (SSSR count). The van der Waals surface area contributed by atoms with Crippen molar-refractivity contribution in [2.24, 2.45) is 0 Å². The van der Waals surface area contributed by atoms with Crippen LogP contribution in [0.3, 0.4) is 0 Å². The normalized spacial score (nSPS) is 14.6. The number of methoxy groups -OCH3 is 2. The summed E-state index contributed by atoms with van der Waals surface area (Å²) >= 11 is 3.41. The van der Waals surface area contributed by atoms with Crippen LogP contribution >= 0.6 is 15.9 Å². The van der Waals surface area contributed by atoms with Crippen molar-refractivity contribution in [3.05, 3.63) is 28.1 Å². The molecule has 0 atom stereocenters. The summed E-state index contributed by atoms with van der Waals surface area (Å²) in [7, 11) is 2.62. The van der Waals surface area contributed by atoms with E-state index in [0.29, 0.717) is 42.2 Å². The summed E-state index contributed by atoms with van der Waals surface area (Å²) in [6, 6.07) is 1.70. The average molecular weight is 412 g/mol. The van der Waals surface area contributed by atoms with Crippen LogP contribution < -0.4 is 4.90 Å². The van der Waals surface area contributed by atoms with E-state index in [2.05, 4.69) is 25.8 Å². The maximum Gasteiger partial charge on any atom is 0.339 e. The summed E-state index contributed by atoms with van der Waals surface area (Å²) in [5.41, 5.74) is 1.55. The minimum Gasteiger partial charge on any atom is -0.469 e. The van der Waals surface area contributed by atoms with Crippen LogP contribution in [0.25, 0.3) is 5.52 Å². The van der Waals surface area contributed by atoms with Crippen molar-refractivity contribution in [1.82, 2.24) is 9.38 Å². The maximum absolute atomic E-state index is 12.2. The predicted molar refractivity (Wildman–Crippen MR) is 93.0 cm³/mol. The molecule has 0 unspecified atom stereocenters. The molecule has 1 aliphatic rings. The van der Waals surface area contributed by atoms with Crippen LogP contribution in [0, 0.1) is 0 Å². The van der Waals surface area contributed by atoms with Crippen LogP contribution in [0.1, 0.15) is 16.1 Å². The molecule has 0 saturated carbocycles. The monoisotopic (exact) mass is 411 g/mol. The Labute approximate surface area is 152 Å². The highest BCUT2D eigenvalue weighted by Gasteiger charge is 2.24. The molecule has 0 amide bonds. The van der Waals surface area contributed by atoms with Crippen LogP contribution in [-0.4, -0.2) is 61.8 Å². The zero-order chi connectivity index (χ0) is 18.0. The summed E-state index contributed by atoms with van der Waals surface area (Å²) < 4.78 is 17.4. The molecule has 1 saturated heterocycles. The first-order chi connectivity index (χ1) is 12.0. The molecule has 0 bridgehead atoms. The number of morpholine rings is 1. The van der Waals surface area contributed by atoms with Gasteiger partial charge in [0.1, 0.15) is 4.60 Å². The second-order valence-electron chi connectivity index (χ2n) is 5.49. The molecule has 1 aliphatic heterocycles. The van der Waals surface area contributed by atoms with Gasteiger partial charge in [0.2, 0.25) is 0 Å². The van der Waals surface area contributed by atoms with E-state index >= 15 is 0 Å². The summed E-state index contributed by atoms with van der Waals surface area (Å²) in [5, 5.41) is 0. The highest BCUT2D eigenvalue weighted by atomic mass is 79.9. The van der Waals surface area contributed by atoms with Gasteiger partial charge in [0.05, 0.1) is 44.9 Å². The van der Waals surface area contributed by atoms with E-state index in [1.807, 2.05) is 0 Å². The molecular formula is C16H18BrN3O5. The van der Waals surface area contributed by atoms with Gasteiger partial charge in [0, 0.05) is 25.0 Å². The molecule has 2 aromatic rings. The Kier molecular flexibility index (Phi) is 5.24. The molecule has 0 N–H and O–H groups in total. The van der Waals surface area contributed by atoms with Crippen molar-refractivity contribution in [3.63, 3.8) is 0 Å². The SMILES string of the molecule is COC(=O)Cc1c(C(=O)OC)cc2c(N3CCOCC3)nc(Br)cn12. The molecule has 8 nitrogen and oxygen atoms in total. The van der Waals surface area contributed by atoms with Crippen molar-refractivity contribution in [3.8, 4) is 0 Å². The number of aromatic nitrogens is 2. The third-order valence-electron chi connectivity index (χ3n) is 4.08. The fraction of sp³-hybridized carbons (Fsp3) is 0.438. The van der Waals surface area contributed by atoms with Gasteiger partial charge in [-0.25, -0.2) is 9.78 Å². The van der Waals surface area contributed by atoms with Gasteiger partial charge in [0.15, 0.2) is 5.82 Å². The van der Waals surface area contributed by atoms with Crippen LogP contribution in [0.4, 0.5) is 5.82 Å². The van der Waals surface area contributed by atoms with E-state index in [9.17, 15) is 9.59 Å². The first kappa shape index (κ1) is 17.7. The minimum atomic E-state index is -0.508. The zero-order valence-electron chi connectivity index (χ0n) is 14.0. The van der Waals surface area contributed by atoms with Gasteiger partial charge in [0.25, 0.3) is 0 Å². The average Bonchev–Trinajstić information content (AvgIpc) is 2.99. The number of fused-ring (bicyclic) bond motifs is 1. The van der Waals surface area contributed by atoms with Crippen molar-refractivity contribution in [2.75, 3.05) is 45.4 Å². The largest absolute Gasteiger partial charge is 0.469 e. The number of hydrogen-bond acceptors (Lipinski definition) is 7. The van der Waals surface area contributed by atoms with Crippen molar-refractivity contribution in [2.45, 2.75) is 6.42 Å². The molecule has 0 aliphatic carbocycles. The smallest absolute Gasteiger partial charge is 0.339 e. The lowest BCUT2D eigenvalue weighted by molar-refractivity contribution is -0.139. The number of esters is 2. The van der Waals surface area contributed by atoms with E-state index in [0.717, 1.165) is 11.3 Å². The summed E-state index contributed by atoms with van der Waals surface area (Å²) in [4.78, 5) is 30.7. The lowest BCUT2D eigenvalue weighted by Crippen LogP contribution is -2.37. The van der Waals surface area contributed by atoms with E-state index in [4.69, 9.17) is 14.2 Å². The summed E-state index contributed by atoms with van der Waals surface area (Å²) in [6.07, 6.45) is 1.68.